The zero-order chi connectivity index (χ0) is 16.9. The van der Waals surface area contributed by atoms with Crippen LogP contribution in [0.3, 0.4) is 0 Å². The maximum Gasteiger partial charge on any atom is 0.251 e. The molecule has 0 spiro atoms. The molecule has 1 atom stereocenters. The molecule has 1 amide bonds. The first-order chi connectivity index (χ1) is 11.7. The highest BCUT2D eigenvalue weighted by molar-refractivity contribution is 7.10. The van der Waals surface area contributed by atoms with Crippen molar-refractivity contribution in [2.24, 2.45) is 0 Å². The monoisotopic (exact) mass is 344 g/mol. The third-order valence-electron chi connectivity index (χ3n) is 4.58. The van der Waals surface area contributed by atoms with Gasteiger partial charge in [-0.15, -0.1) is 11.3 Å². The summed E-state index contributed by atoms with van der Waals surface area (Å²) < 4.78 is 5.32. The number of ether oxygens (including phenoxy) is 1. The number of amides is 1. The van der Waals surface area contributed by atoms with E-state index in [1.165, 1.54) is 17.7 Å². The highest BCUT2D eigenvalue weighted by Crippen LogP contribution is 2.28. The third kappa shape index (κ3) is 3.79. The van der Waals surface area contributed by atoms with Crippen molar-refractivity contribution in [3.05, 3.63) is 51.7 Å². The second-order valence-electron chi connectivity index (χ2n) is 6.17. The highest BCUT2D eigenvalue weighted by Gasteiger charge is 2.24. The Morgan fingerprint density at radius 1 is 1.33 bits per heavy atom. The number of rotatable bonds is 6. The number of likely N-dealkylation sites (tertiary alicyclic amines) is 1. The zero-order valence-electron chi connectivity index (χ0n) is 14.2. The Morgan fingerprint density at radius 2 is 2.12 bits per heavy atom. The van der Waals surface area contributed by atoms with E-state index in [1.54, 1.807) is 24.5 Å². The van der Waals surface area contributed by atoms with E-state index >= 15 is 0 Å². The summed E-state index contributed by atoms with van der Waals surface area (Å²) in [6.07, 6.45) is 2.48. The molecule has 2 aromatic rings. The van der Waals surface area contributed by atoms with Crippen LogP contribution >= 0.6 is 11.3 Å². The average molecular weight is 344 g/mol. The van der Waals surface area contributed by atoms with Gasteiger partial charge in [0.1, 0.15) is 5.75 Å². The average Bonchev–Trinajstić information content (AvgIpc) is 3.29. The van der Waals surface area contributed by atoms with Crippen molar-refractivity contribution < 1.29 is 9.53 Å². The Morgan fingerprint density at radius 3 is 2.79 bits per heavy atom. The van der Waals surface area contributed by atoms with Crippen LogP contribution in [-0.4, -0.2) is 37.6 Å². The SMILES string of the molecule is COc1cc(C(=O)NCC(c2cccs2)N2CCCC2)ccc1C. The molecular formula is C19H24N2O2S. The fraction of sp³-hybridized carbons (Fsp3) is 0.421. The number of carbonyl (C=O) groups excluding carboxylic acids is 1. The number of aryl methyl sites for hydroxylation is 1. The van der Waals surface area contributed by atoms with Gasteiger partial charge in [0.2, 0.25) is 0 Å². The van der Waals surface area contributed by atoms with Crippen molar-refractivity contribution in [2.75, 3.05) is 26.7 Å². The van der Waals surface area contributed by atoms with Gasteiger partial charge in [-0.1, -0.05) is 12.1 Å². The Balaban J connectivity index is 1.69. The largest absolute Gasteiger partial charge is 0.496 e. The summed E-state index contributed by atoms with van der Waals surface area (Å²) in [6, 6.07) is 10.1. The molecule has 4 nitrogen and oxygen atoms in total. The van der Waals surface area contributed by atoms with Gasteiger partial charge in [-0.3, -0.25) is 9.69 Å². The van der Waals surface area contributed by atoms with Gasteiger partial charge in [-0.05, 0) is 62.0 Å². The topological polar surface area (TPSA) is 41.6 Å². The number of benzene rings is 1. The van der Waals surface area contributed by atoms with Gasteiger partial charge < -0.3 is 10.1 Å². The normalized spacial score (nSPS) is 16.1. The van der Waals surface area contributed by atoms with E-state index in [4.69, 9.17) is 4.74 Å². The lowest BCUT2D eigenvalue weighted by atomic mass is 10.1. The molecule has 0 saturated carbocycles. The van der Waals surface area contributed by atoms with Gasteiger partial charge in [-0.2, -0.15) is 0 Å². The first-order valence-electron chi connectivity index (χ1n) is 8.39. The second kappa shape index (κ2) is 7.81. The fourth-order valence-electron chi connectivity index (χ4n) is 3.20. The van der Waals surface area contributed by atoms with Gasteiger partial charge in [0.25, 0.3) is 5.91 Å². The molecule has 5 heteroatoms. The molecule has 1 fully saturated rings. The minimum absolute atomic E-state index is 0.0472. The molecule has 0 radical (unpaired) electrons. The first kappa shape index (κ1) is 17.0. The van der Waals surface area contributed by atoms with Crippen molar-refractivity contribution in [3.63, 3.8) is 0 Å². The van der Waals surface area contributed by atoms with Crippen molar-refractivity contribution in [1.82, 2.24) is 10.2 Å². The molecule has 24 heavy (non-hydrogen) atoms. The number of thiophene rings is 1. The van der Waals surface area contributed by atoms with Gasteiger partial charge in [0.15, 0.2) is 0 Å². The van der Waals surface area contributed by atoms with Crippen LogP contribution in [-0.2, 0) is 0 Å². The highest BCUT2D eigenvalue weighted by atomic mass is 32.1. The molecule has 2 heterocycles. The number of methoxy groups -OCH3 is 1. The summed E-state index contributed by atoms with van der Waals surface area (Å²) >= 11 is 1.76. The van der Waals surface area contributed by atoms with Crippen LogP contribution in [0, 0.1) is 6.92 Å². The van der Waals surface area contributed by atoms with Crippen LogP contribution in [0.1, 0.15) is 39.7 Å². The lowest BCUT2D eigenvalue weighted by molar-refractivity contribution is 0.0938. The van der Waals surface area contributed by atoms with E-state index in [9.17, 15) is 4.79 Å². The predicted molar refractivity (Wildman–Crippen MR) is 97.9 cm³/mol. The number of nitrogens with zero attached hydrogens (tertiary/aromatic N) is 1. The van der Waals surface area contributed by atoms with Gasteiger partial charge >= 0.3 is 0 Å². The van der Waals surface area contributed by atoms with E-state index in [0.29, 0.717) is 12.1 Å². The number of nitrogens with one attached hydrogen (secondary N) is 1. The molecule has 1 aliphatic rings. The molecule has 1 saturated heterocycles. The lowest BCUT2D eigenvalue weighted by Gasteiger charge is -2.27. The molecule has 1 aromatic heterocycles. The van der Waals surface area contributed by atoms with Gasteiger partial charge in [-0.25, -0.2) is 0 Å². The summed E-state index contributed by atoms with van der Waals surface area (Å²) in [7, 11) is 1.63. The van der Waals surface area contributed by atoms with Crippen molar-refractivity contribution in [1.29, 1.82) is 0 Å². The molecule has 3 rings (SSSR count). The van der Waals surface area contributed by atoms with E-state index in [-0.39, 0.29) is 11.9 Å². The lowest BCUT2D eigenvalue weighted by Crippen LogP contribution is -2.36. The van der Waals surface area contributed by atoms with Crippen LogP contribution in [0.15, 0.2) is 35.7 Å². The number of carbonyl (C=O) groups is 1. The molecule has 1 aliphatic heterocycles. The van der Waals surface area contributed by atoms with Crippen molar-refractivity contribution in [2.45, 2.75) is 25.8 Å². The summed E-state index contributed by atoms with van der Waals surface area (Å²) in [5, 5.41) is 5.21. The Hall–Kier alpha value is -1.85. The minimum Gasteiger partial charge on any atom is -0.496 e. The summed E-state index contributed by atoms with van der Waals surface area (Å²) in [5.41, 5.74) is 1.67. The molecule has 1 aromatic carbocycles. The number of hydrogen-bond acceptors (Lipinski definition) is 4. The molecular weight excluding hydrogens is 320 g/mol. The Bertz CT molecular complexity index is 679. The van der Waals surface area contributed by atoms with Gasteiger partial charge in [0, 0.05) is 17.0 Å². The summed E-state index contributed by atoms with van der Waals surface area (Å²) in [4.78, 5) is 16.3. The quantitative estimate of drug-likeness (QED) is 0.870. The minimum atomic E-state index is -0.0472. The second-order valence-corrected chi connectivity index (χ2v) is 7.15. The molecule has 0 bridgehead atoms. The molecule has 0 aliphatic carbocycles. The van der Waals surface area contributed by atoms with E-state index < -0.39 is 0 Å². The predicted octanol–water partition coefficient (Wildman–Crippen LogP) is 3.63. The van der Waals surface area contributed by atoms with Crippen LogP contribution in [0.25, 0.3) is 0 Å². The van der Waals surface area contributed by atoms with Crippen LogP contribution in [0.5, 0.6) is 5.75 Å². The van der Waals surface area contributed by atoms with Gasteiger partial charge in [0.05, 0.1) is 13.2 Å². The first-order valence-corrected chi connectivity index (χ1v) is 9.27. The van der Waals surface area contributed by atoms with Crippen LogP contribution in [0.2, 0.25) is 0 Å². The van der Waals surface area contributed by atoms with Crippen molar-refractivity contribution in [3.8, 4) is 5.75 Å². The summed E-state index contributed by atoms with van der Waals surface area (Å²) in [5.74, 6) is 0.700. The van der Waals surface area contributed by atoms with Crippen molar-refractivity contribution >= 4 is 17.2 Å². The van der Waals surface area contributed by atoms with E-state index in [2.05, 4.69) is 27.7 Å². The Kier molecular flexibility index (Phi) is 5.53. The number of hydrogen-bond donors (Lipinski definition) is 1. The van der Waals surface area contributed by atoms with Crippen LogP contribution in [0.4, 0.5) is 0 Å². The smallest absolute Gasteiger partial charge is 0.251 e. The molecule has 1 N–H and O–H groups in total. The fourth-order valence-corrected chi connectivity index (χ4v) is 4.06. The van der Waals surface area contributed by atoms with E-state index in [0.717, 1.165) is 24.4 Å². The zero-order valence-corrected chi connectivity index (χ0v) is 15.1. The maximum atomic E-state index is 12.5. The molecule has 128 valence electrons. The summed E-state index contributed by atoms with van der Waals surface area (Å²) in [6.45, 7) is 4.82. The maximum absolute atomic E-state index is 12.5. The molecule has 1 unspecified atom stereocenters. The standard InChI is InChI=1S/C19H24N2O2S/c1-14-7-8-15(12-17(14)23-2)19(22)20-13-16(18-6-5-11-24-18)21-9-3-4-10-21/h5-8,11-12,16H,3-4,9-10,13H2,1-2H3,(H,20,22). The van der Waals surface area contributed by atoms with Crippen LogP contribution < -0.4 is 10.1 Å². The van der Waals surface area contributed by atoms with E-state index in [1.807, 2.05) is 19.1 Å². The third-order valence-corrected chi connectivity index (χ3v) is 5.55. The Labute approximate surface area is 147 Å².